The number of hydrogen-bond donors (Lipinski definition) is 1. The maximum Gasteiger partial charge on any atom is 0.206 e. The Balaban J connectivity index is 1.85. The minimum atomic E-state index is 0.498. The first kappa shape index (κ1) is 9.40. The molecule has 1 heterocycles. The topological polar surface area (TPSA) is 37.8 Å². The van der Waals surface area contributed by atoms with E-state index in [0.717, 1.165) is 15.6 Å². The third-order valence-electron chi connectivity index (χ3n) is 2.63. The maximum absolute atomic E-state index is 3.99. The van der Waals surface area contributed by atoms with Crippen LogP contribution in [0, 0.1) is 5.41 Å². The smallest absolute Gasteiger partial charge is 0.206 e. The molecule has 0 radical (unpaired) electrons. The Kier molecular flexibility index (Phi) is 2.55. The van der Waals surface area contributed by atoms with Crippen LogP contribution in [0.2, 0.25) is 0 Å². The average molecular weight is 262 g/mol. The van der Waals surface area contributed by atoms with Crippen molar-refractivity contribution in [1.82, 2.24) is 10.2 Å². The van der Waals surface area contributed by atoms with E-state index in [0.29, 0.717) is 5.41 Å². The number of nitrogens with zero attached hydrogens (tertiary/aromatic N) is 2. The molecule has 0 aromatic carbocycles. The first-order valence-corrected chi connectivity index (χ1v) is 6.02. The molecule has 1 aromatic heterocycles. The van der Waals surface area contributed by atoms with Gasteiger partial charge in [-0.3, -0.25) is 0 Å². The van der Waals surface area contributed by atoms with E-state index in [4.69, 9.17) is 0 Å². The highest BCUT2D eigenvalue weighted by molar-refractivity contribution is 9.11. The van der Waals surface area contributed by atoms with Crippen molar-refractivity contribution in [3.63, 3.8) is 0 Å². The zero-order valence-corrected chi connectivity index (χ0v) is 9.91. The largest absolute Gasteiger partial charge is 0.360 e. The summed E-state index contributed by atoms with van der Waals surface area (Å²) in [5.74, 6) is 0. The zero-order valence-electron chi connectivity index (χ0n) is 7.51. The van der Waals surface area contributed by atoms with E-state index in [1.54, 1.807) is 11.3 Å². The fraction of sp³-hybridized carbons (Fsp3) is 0.750. The van der Waals surface area contributed by atoms with Crippen LogP contribution in [0.4, 0.5) is 5.13 Å². The molecule has 0 unspecified atom stereocenters. The Hall–Kier alpha value is -0.160. The molecule has 0 atom stereocenters. The fourth-order valence-electron chi connectivity index (χ4n) is 1.52. The predicted molar refractivity (Wildman–Crippen MR) is 58.1 cm³/mol. The quantitative estimate of drug-likeness (QED) is 0.910. The van der Waals surface area contributed by atoms with Crippen molar-refractivity contribution < 1.29 is 0 Å². The predicted octanol–water partition coefficient (Wildman–Crippen LogP) is 2.90. The first-order valence-electron chi connectivity index (χ1n) is 4.41. The Bertz CT molecular complexity index is 295. The van der Waals surface area contributed by atoms with Crippen LogP contribution in [0.25, 0.3) is 0 Å². The molecule has 1 aliphatic rings. The van der Waals surface area contributed by atoms with Crippen LogP contribution >= 0.6 is 27.3 Å². The van der Waals surface area contributed by atoms with E-state index in [1.165, 1.54) is 19.3 Å². The highest BCUT2D eigenvalue weighted by atomic mass is 79.9. The maximum atomic E-state index is 3.99. The summed E-state index contributed by atoms with van der Waals surface area (Å²) < 4.78 is 0.841. The summed E-state index contributed by atoms with van der Waals surface area (Å²) in [6.07, 6.45) is 4.04. The summed E-state index contributed by atoms with van der Waals surface area (Å²) in [5, 5.41) is 12.1. The minimum Gasteiger partial charge on any atom is -0.360 e. The number of halogens is 1. The zero-order chi connectivity index (χ0) is 9.31. The molecule has 0 bridgehead atoms. The van der Waals surface area contributed by atoms with E-state index in [1.807, 2.05) is 0 Å². The molecule has 2 rings (SSSR count). The summed E-state index contributed by atoms with van der Waals surface area (Å²) in [5.41, 5.74) is 0.498. The van der Waals surface area contributed by atoms with Gasteiger partial charge in [-0.05, 0) is 34.2 Å². The van der Waals surface area contributed by atoms with Crippen LogP contribution in [0.1, 0.15) is 26.2 Å². The Morgan fingerprint density at radius 1 is 1.54 bits per heavy atom. The van der Waals surface area contributed by atoms with Crippen LogP contribution in [0.5, 0.6) is 0 Å². The standard InChI is InChI=1S/C8H12BrN3S/c1-8(3-2-4-8)5-10-7-12-11-6(9)13-7/h2-5H2,1H3,(H,10,12). The van der Waals surface area contributed by atoms with Gasteiger partial charge >= 0.3 is 0 Å². The molecule has 0 amide bonds. The molecule has 72 valence electrons. The second kappa shape index (κ2) is 3.53. The molecule has 1 aromatic rings. The van der Waals surface area contributed by atoms with Gasteiger partial charge in [-0.25, -0.2) is 0 Å². The molecule has 13 heavy (non-hydrogen) atoms. The highest BCUT2D eigenvalue weighted by Gasteiger charge is 2.31. The lowest BCUT2D eigenvalue weighted by atomic mass is 9.70. The summed E-state index contributed by atoms with van der Waals surface area (Å²) >= 11 is 4.83. The molecule has 1 N–H and O–H groups in total. The van der Waals surface area contributed by atoms with Gasteiger partial charge in [0, 0.05) is 6.54 Å². The van der Waals surface area contributed by atoms with Gasteiger partial charge in [0.2, 0.25) is 5.13 Å². The molecule has 0 aliphatic heterocycles. The fourth-order valence-corrected chi connectivity index (χ4v) is 2.53. The van der Waals surface area contributed by atoms with E-state index in [9.17, 15) is 0 Å². The molecule has 1 aliphatic carbocycles. The van der Waals surface area contributed by atoms with Gasteiger partial charge < -0.3 is 5.32 Å². The van der Waals surface area contributed by atoms with Crippen molar-refractivity contribution in [2.45, 2.75) is 26.2 Å². The summed E-state index contributed by atoms with van der Waals surface area (Å²) in [4.78, 5) is 0. The molecule has 1 fully saturated rings. The van der Waals surface area contributed by atoms with Crippen LogP contribution in [0.3, 0.4) is 0 Å². The molecule has 0 spiro atoms. The third kappa shape index (κ3) is 2.20. The number of hydrogen-bond acceptors (Lipinski definition) is 4. The summed E-state index contributed by atoms with van der Waals surface area (Å²) in [6.45, 7) is 3.34. The van der Waals surface area contributed by atoms with Crippen molar-refractivity contribution in [2.24, 2.45) is 5.41 Å². The van der Waals surface area contributed by atoms with Crippen LogP contribution in [-0.4, -0.2) is 16.7 Å². The van der Waals surface area contributed by atoms with E-state index in [2.05, 4.69) is 38.4 Å². The Morgan fingerprint density at radius 2 is 2.31 bits per heavy atom. The average Bonchev–Trinajstić information content (AvgIpc) is 2.44. The van der Waals surface area contributed by atoms with Crippen molar-refractivity contribution >= 4 is 32.4 Å². The SMILES string of the molecule is CC1(CNc2nnc(Br)s2)CCC1. The second-order valence-corrected chi connectivity index (χ2v) is 6.13. The highest BCUT2D eigenvalue weighted by Crippen LogP contribution is 2.40. The molecular weight excluding hydrogens is 250 g/mol. The monoisotopic (exact) mass is 261 g/mol. The van der Waals surface area contributed by atoms with Gasteiger partial charge in [-0.1, -0.05) is 24.7 Å². The number of rotatable bonds is 3. The lowest BCUT2D eigenvalue weighted by molar-refractivity contribution is 0.180. The molecule has 0 saturated heterocycles. The van der Waals surface area contributed by atoms with Crippen LogP contribution in [-0.2, 0) is 0 Å². The summed E-state index contributed by atoms with van der Waals surface area (Å²) in [7, 11) is 0. The van der Waals surface area contributed by atoms with E-state index < -0.39 is 0 Å². The van der Waals surface area contributed by atoms with E-state index in [-0.39, 0.29) is 0 Å². The lowest BCUT2D eigenvalue weighted by Crippen LogP contribution is -2.33. The van der Waals surface area contributed by atoms with Gasteiger partial charge in [0.25, 0.3) is 0 Å². The number of nitrogens with one attached hydrogen (secondary N) is 1. The molecule has 5 heteroatoms. The van der Waals surface area contributed by atoms with E-state index >= 15 is 0 Å². The van der Waals surface area contributed by atoms with Crippen LogP contribution < -0.4 is 5.32 Å². The second-order valence-electron chi connectivity index (χ2n) is 3.88. The van der Waals surface area contributed by atoms with Crippen molar-refractivity contribution in [1.29, 1.82) is 0 Å². The third-order valence-corrected chi connectivity index (χ3v) is 3.94. The summed E-state index contributed by atoms with van der Waals surface area (Å²) in [6, 6.07) is 0. The van der Waals surface area contributed by atoms with Gasteiger partial charge in [0.15, 0.2) is 3.92 Å². The number of anilines is 1. The van der Waals surface area contributed by atoms with Crippen molar-refractivity contribution in [2.75, 3.05) is 11.9 Å². The minimum absolute atomic E-state index is 0.498. The molecular formula is C8H12BrN3S. The van der Waals surface area contributed by atoms with Gasteiger partial charge in [-0.15, -0.1) is 10.2 Å². The Morgan fingerprint density at radius 3 is 2.77 bits per heavy atom. The Labute approximate surface area is 90.1 Å². The van der Waals surface area contributed by atoms with Gasteiger partial charge in [0.1, 0.15) is 0 Å². The normalized spacial score (nSPS) is 19.5. The molecule has 1 saturated carbocycles. The molecule has 3 nitrogen and oxygen atoms in total. The number of aromatic nitrogens is 2. The lowest BCUT2D eigenvalue weighted by Gasteiger charge is -2.38. The van der Waals surface area contributed by atoms with Crippen molar-refractivity contribution in [3.05, 3.63) is 3.92 Å². The van der Waals surface area contributed by atoms with Crippen LogP contribution in [0.15, 0.2) is 3.92 Å². The van der Waals surface area contributed by atoms with Crippen molar-refractivity contribution in [3.8, 4) is 0 Å². The van der Waals surface area contributed by atoms with Gasteiger partial charge in [-0.2, -0.15) is 0 Å². The first-order chi connectivity index (χ1) is 6.18. The van der Waals surface area contributed by atoms with Gasteiger partial charge in [0.05, 0.1) is 0 Å².